The van der Waals surface area contributed by atoms with Crippen LogP contribution in [-0.2, 0) is 4.79 Å². The summed E-state index contributed by atoms with van der Waals surface area (Å²) >= 11 is 0. The van der Waals surface area contributed by atoms with Crippen molar-refractivity contribution < 1.29 is 9.90 Å². The van der Waals surface area contributed by atoms with Gasteiger partial charge >= 0.3 is 5.97 Å². The Balaban J connectivity index is 2.59. The second-order valence-corrected chi connectivity index (χ2v) is 4.04. The summed E-state index contributed by atoms with van der Waals surface area (Å²) in [4.78, 5) is 10.6. The van der Waals surface area contributed by atoms with Crippen LogP contribution in [0.25, 0.3) is 0 Å². The first-order valence-corrected chi connectivity index (χ1v) is 5.66. The molecule has 0 amide bonds. The fourth-order valence-electron chi connectivity index (χ4n) is 1.80. The van der Waals surface area contributed by atoms with Gasteiger partial charge in [0.15, 0.2) is 0 Å². The fourth-order valence-corrected chi connectivity index (χ4v) is 1.80. The van der Waals surface area contributed by atoms with Gasteiger partial charge in [0.2, 0.25) is 0 Å². The first-order valence-electron chi connectivity index (χ1n) is 5.66. The van der Waals surface area contributed by atoms with Gasteiger partial charge in [0.25, 0.3) is 0 Å². The second kappa shape index (κ2) is 6.28. The van der Waals surface area contributed by atoms with Crippen molar-refractivity contribution >= 4 is 5.97 Å². The summed E-state index contributed by atoms with van der Waals surface area (Å²) in [5, 5.41) is 12.0. The van der Waals surface area contributed by atoms with Crippen molar-refractivity contribution in [2.45, 2.75) is 38.8 Å². The first kappa shape index (κ1) is 12.7. The van der Waals surface area contributed by atoms with E-state index in [4.69, 9.17) is 5.11 Å². The standard InChI is InChI=1S/C13H19NO2/c1-3-12(11-7-5-4-6-8-11)14-10(2)9-13(15)16/h4-8,10,12,14H,3,9H2,1-2H3,(H,15,16). The third-order valence-electron chi connectivity index (χ3n) is 2.58. The van der Waals surface area contributed by atoms with E-state index in [1.54, 1.807) is 0 Å². The zero-order valence-corrected chi connectivity index (χ0v) is 9.81. The Kier molecular flexibility index (Phi) is 4.99. The molecule has 1 aromatic rings. The molecule has 1 aromatic carbocycles. The highest BCUT2D eigenvalue weighted by atomic mass is 16.4. The summed E-state index contributed by atoms with van der Waals surface area (Å²) in [5.41, 5.74) is 1.21. The number of aliphatic carboxylic acids is 1. The molecular weight excluding hydrogens is 202 g/mol. The molecule has 0 aliphatic rings. The van der Waals surface area contributed by atoms with Crippen LogP contribution in [0.4, 0.5) is 0 Å². The molecule has 16 heavy (non-hydrogen) atoms. The molecule has 0 saturated carbocycles. The molecule has 2 N–H and O–H groups in total. The molecule has 2 atom stereocenters. The van der Waals surface area contributed by atoms with E-state index in [1.165, 1.54) is 5.56 Å². The van der Waals surface area contributed by atoms with Gasteiger partial charge in [-0.2, -0.15) is 0 Å². The lowest BCUT2D eigenvalue weighted by molar-refractivity contribution is -0.137. The van der Waals surface area contributed by atoms with Crippen molar-refractivity contribution in [3.63, 3.8) is 0 Å². The summed E-state index contributed by atoms with van der Waals surface area (Å²) < 4.78 is 0. The van der Waals surface area contributed by atoms with Crippen molar-refractivity contribution in [1.82, 2.24) is 5.32 Å². The van der Waals surface area contributed by atoms with Crippen LogP contribution < -0.4 is 5.32 Å². The number of benzene rings is 1. The van der Waals surface area contributed by atoms with E-state index in [9.17, 15) is 4.79 Å². The Morgan fingerprint density at radius 1 is 1.38 bits per heavy atom. The molecule has 0 aliphatic carbocycles. The SMILES string of the molecule is CCC(NC(C)CC(=O)O)c1ccccc1. The predicted octanol–water partition coefficient (Wildman–Crippen LogP) is 2.59. The molecule has 0 bridgehead atoms. The summed E-state index contributed by atoms with van der Waals surface area (Å²) in [6.45, 7) is 4.00. The van der Waals surface area contributed by atoms with E-state index < -0.39 is 5.97 Å². The predicted molar refractivity (Wildman–Crippen MR) is 64.3 cm³/mol. The second-order valence-electron chi connectivity index (χ2n) is 4.04. The lowest BCUT2D eigenvalue weighted by atomic mass is 10.0. The molecule has 3 heteroatoms. The quantitative estimate of drug-likeness (QED) is 0.776. The molecule has 3 nitrogen and oxygen atoms in total. The number of hydrogen-bond acceptors (Lipinski definition) is 2. The van der Waals surface area contributed by atoms with Gasteiger partial charge in [-0.1, -0.05) is 37.3 Å². The van der Waals surface area contributed by atoms with Crippen LogP contribution in [0.15, 0.2) is 30.3 Å². The first-order chi connectivity index (χ1) is 7.63. The van der Waals surface area contributed by atoms with E-state index in [0.717, 1.165) is 6.42 Å². The Morgan fingerprint density at radius 2 is 2.00 bits per heavy atom. The third-order valence-corrected chi connectivity index (χ3v) is 2.58. The Labute approximate surface area is 96.5 Å². The van der Waals surface area contributed by atoms with Gasteiger partial charge in [-0.25, -0.2) is 0 Å². The maximum absolute atomic E-state index is 10.6. The summed E-state index contributed by atoms with van der Waals surface area (Å²) in [7, 11) is 0. The van der Waals surface area contributed by atoms with Crippen LogP contribution in [0.3, 0.4) is 0 Å². The third kappa shape index (κ3) is 4.03. The van der Waals surface area contributed by atoms with Gasteiger partial charge < -0.3 is 10.4 Å². The molecule has 0 fully saturated rings. The van der Waals surface area contributed by atoms with Crippen molar-refractivity contribution in [2.75, 3.05) is 0 Å². The number of carboxylic acids is 1. The molecule has 0 saturated heterocycles. The van der Waals surface area contributed by atoms with Crippen LogP contribution in [0, 0.1) is 0 Å². The van der Waals surface area contributed by atoms with Gasteiger partial charge in [-0.3, -0.25) is 4.79 Å². The minimum Gasteiger partial charge on any atom is -0.481 e. The monoisotopic (exact) mass is 221 g/mol. The highest BCUT2D eigenvalue weighted by Gasteiger charge is 2.13. The molecule has 0 spiro atoms. The van der Waals surface area contributed by atoms with Crippen molar-refractivity contribution in [3.05, 3.63) is 35.9 Å². The van der Waals surface area contributed by atoms with Gasteiger partial charge in [0.1, 0.15) is 0 Å². The fraction of sp³-hybridized carbons (Fsp3) is 0.462. The number of carboxylic acid groups (broad SMARTS) is 1. The molecule has 2 unspecified atom stereocenters. The Hall–Kier alpha value is -1.35. The minimum absolute atomic E-state index is 0.0114. The lowest BCUT2D eigenvalue weighted by Crippen LogP contribution is -2.32. The Bertz CT molecular complexity index is 324. The van der Waals surface area contributed by atoms with Gasteiger partial charge in [-0.15, -0.1) is 0 Å². The zero-order chi connectivity index (χ0) is 12.0. The van der Waals surface area contributed by atoms with E-state index in [0.29, 0.717) is 0 Å². The lowest BCUT2D eigenvalue weighted by Gasteiger charge is -2.21. The van der Waals surface area contributed by atoms with Crippen LogP contribution in [0.2, 0.25) is 0 Å². The van der Waals surface area contributed by atoms with Crippen LogP contribution in [-0.4, -0.2) is 17.1 Å². The highest BCUT2D eigenvalue weighted by molar-refractivity contribution is 5.67. The molecule has 0 heterocycles. The highest BCUT2D eigenvalue weighted by Crippen LogP contribution is 2.17. The van der Waals surface area contributed by atoms with Gasteiger partial charge in [-0.05, 0) is 18.9 Å². The number of carbonyl (C=O) groups is 1. The van der Waals surface area contributed by atoms with Crippen molar-refractivity contribution in [2.24, 2.45) is 0 Å². The largest absolute Gasteiger partial charge is 0.481 e. The molecule has 1 rings (SSSR count). The van der Waals surface area contributed by atoms with E-state index >= 15 is 0 Å². The maximum atomic E-state index is 10.6. The van der Waals surface area contributed by atoms with Gasteiger partial charge in [0.05, 0.1) is 6.42 Å². The van der Waals surface area contributed by atoms with E-state index in [2.05, 4.69) is 24.4 Å². The van der Waals surface area contributed by atoms with Crippen LogP contribution in [0.1, 0.15) is 38.3 Å². The number of nitrogens with one attached hydrogen (secondary N) is 1. The molecule has 88 valence electrons. The zero-order valence-electron chi connectivity index (χ0n) is 9.81. The number of hydrogen-bond donors (Lipinski definition) is 2. The summed E-state index contributed by atoms with van der Waals surface area (Å²) in [6.07, 6.45) is 1.11. The smallest absolute Gasteiger partial charge is 0.304 e. The molecule has 0 aliphatic heterocycles. The normalized spacial score (nSPS) is 14.4. The van der Waals surface area contributed by atoms with Crippen LogP contribution in [0.5, 0.6) is 0 Å². The van der Waals surface area contributed by atoms with Crippen molar-refractivity contribution in [3.8, 4) is 0 Å². The average molecular weight is 221 g/mol. The Morgan fingerprint density at radius 3 is 2.50 bits per heavy atom. The van der Waals surface area contributed by atoms with Gasteiger partial charge in [0, 0.05) is 12.1 Å². The molecular formula is C13H19NO2. The number of rotatable bonds is 6. The maximum Gasteiger partial charge on any atom is 0.304 e. The molecule has 0 radical (unpaired) electrons. The topological polar surface area (TPSA) is 49.3 Å². The van der Waals surface area contributed by atoms with Crippen molar-refractivity contribution in [1.29, 1.82) is 0 Å². The average Bonchev–Trinajstić information content (AvgIpc) is 2.26. The minimum atomic E-state index is -0.761. The summed E-state index contributed by atoms with van der Waals surface area (Å²) in [6, 6.07) is 10.3. The summed E-state index contributed by atoms with van der Waals surface area (Å²) in [5.74, 6) is -0.761. The van der Waals surface area contributed by atoms with Crippen LogP contribution >= 0.6 is 0 Å². The van der Waals surface area contributed by atoms with E-state index in [1.807, 2.05) is 25.1 Å². The molecule has 0 aromatic heterocycles. The van der Waals surface area contributed by atoms with E-state index in [-0.39, 0.29) is 18.5 Å².